The molecule has 2 aliphatic heterocycles. The minimum Gasteiger partial charge on any atom is -0.377 e. The van der Waals surface area contributed by atoms with Gasteiger partial charge in [0.1, 0.15) is 13.1 Å². The van der Waals surface area contributed by atoms with Gasteiger partial charge < -0.3 is 19.6 Å². The standard InChI is InChI=1S/C42H44N8O2/c1-45(2)35-15-23-47(24-16-35)19-5-7-21-49-39(33-13-9-11-31(27-33)29-43)37-38(41(49)51)40(34-14-10-12-32(28-34)30-44)50(42(37)52)22-8-6-20-48-25-17-36(18-26-48)46(3)4/h9-18,23-28H,5-8,19-22H2,1-4H3/q+2. The maximum atomic E-state index is 14.6. The second-order valence-corrected chi connectivity index (χ2v) is 13.5. The number of carbonyl (C=O) groups excluding carboxylic acids is 2. The van der Waals surface area contributed by atoms with Crippen molar-refractivity contribution in [2.75, 3.05) is 51.1 Å². The number of nitrogens with zero attached hydrogens (tertiary/aromatic N) is 8. The summed E-state index contributed by atoms with van der Waals surface area (Å²) in [7, 11) is 8.05. The van der Waals surface area contributed by atoms with E-state index < -0.39 is 0 Å². The Morgan fingerprint density at radius 3 is 1.31 bits per heavy atom. The Hall–Kier alpha value is -6.26. The molecular formula is C42H44N8O2+2. The Labute approximate surface area is 306 Å². The van der Waals surface area contributed by atoms with Crippen LogP contribution in [0.5, 0.6) is 0 Å². The lowest BCUT2D eigenvalue weighted by atomic mass is 10.0. The first-order valence-corrected chi connectivity index (χ1v) is 17.7. The second kappa shape index (κ2) is 15.7. The van der Waals surface area contributed by atoms with Crippen LogP contribution >= 0.6 is 0 Å². The van der Waals surface area contributed by atoms with Gasteiger partial charge in [-0.25, -0.2) is 9.13 Å². The molecule has 0 saturated carbocycles. The maximum absolute atomic E-state index is 14.6. The quantitative estimate of drug-likeness (QED) is 0.138. The van der Waals surface area contributed by atoms with E-state index in [1.54, 1.807) is 46.2 Å². The van der Waals surface area contributed by atoms with E-state index in [9.17, 15) is 20.1 Å². The fraction of sp³-hybridized carbons (Fsp3) is 0.286. The Bertz CT molecular complexity index is 1970. The van der Waals surface area contributed by atoms with Gasteiger partial charge in [0.05, 0.1) is 45.8 Å². The van der Waals surface area contributed by atoms with Crippen molar-refractivity contribution < 1.29 is 18.7 Å². The lowest BCUT2D eigenvalue weighted by molar-refractivity contribution is -0.697. The number of amides is 2. The van der Waals surface area contributed by atoms with Gasteiger partial charge in [0.15, 0.2) is 24.8 Å². The van der Waals surface area contributed by atoms with E-state index in [-0.39, 0.29) is 11.8 Å². The summed E-state index contributed by atoms with van der Waals surface area (Å²) in [5.74, 6) is -0.472. The van der Waals surface area contributed by atoms with E-state index in [0.717, 1.165) is 37.3 Å². The van der Waals surface area contributed by atoms with E-state index in [4.69, 9.17) is 0 Å². The first kappa shape index (κ1) is 35.6. The van der Waals surface area contributed by atoms with E-state index in [1.807, 2.05) is 40.3 Å². The van der Waals surface area contributed by atoms with Crippen LogP contribution in [0, 0.1) is 22.7 Å². The predicted octanol–water partition coefficient (Wildman–Crippen LogP) is 4.90. The molecule has 4 heterocycles. The monoisotopic (exact) mass is 692 g/mol. The molecule has 2 aromatic carbocycles. The zero-order valence-corrected chi connectivity index (χ0v) is 30.3. The Balaban J connectivity index is 1.31. The molecule has 52 heavy (non-hydrogen) atoms. The van der Waals surface area contributed by atoms with E-state index in [1.165, 1.54) is 0 Å². The van der Waals surface area contributed by atoms with Crippen molar-refractivity contribution in [1.29, 1.82) is 10.5 Å². The van der Waals surface area contributed by atoms with Gasteiger partial charge >= 0.3 is 0 Å². The number of nitriles is 2. The van der Waals surface area contributed by atoms with Gasteiger partial charge in [-0.05, 0) is 37.1 Å². The van der Waals surface area contributed by atoms with Crippen LogP contribution in [-0.2, 0) is 22.7 Å². The van der Waals surface area contributed by atoms with E-state index >= 15 is 0 Å². The number of aromatic nitrogens is 2. The summed E-state index contributed by atoms with van der Waals surface area (Å²) in [5, 5.41) is 19.5. The van der Waals surface area contributed by atoms with Crippen LogP contribution in [0.3, 0.4) is 0 Å². The van der Waals surface area contributed by atoms with Gasteiger partial charge in [-0.3, -0.25) is 9.59 Å². The number of unbranched alkanes of at least 4 members (excludes halogenated alkanes) is 2. The summed E-state index contributed by atoms with van der Waals surface area (Å²) in [6, 6.07) is 26.9. The second-order valence-electron chi connectivity index (χ2n) is 13.5. The molecule has 4 aromatic rings. The van der Waals surface area contributed by atoms with Crippen molar-refractivity contribution in [3.05, 3.63) is 131 Å². The van der Waals surface area contributed by atoms with Crippen molar-refractivity contribution in [1.82, 2.24) is 9.80 Å². The number of carbonyl (C=O) groups is 2. The highest BCUT2D eigenvalue weighted by Crippen LogP contribution is 2.46. The molecule has 10 nitrogen and oxygen atoms in total. The molecule has 262 valence electrons. The first-order chi connectivity index (χ1) is 25.2. The largest absolute Gasteiger partial charge is 0.377 e. The van der Waals surface area contributed by atoms with Crippen LogP contribution in [0.25, 0.3) is 11.4 Å². The van der Waals surface area contributed by atoms with Gasteiger partial charge in [0.25, 0.3) is 11.8 Å². The highest BCUT2D eigenvalue weighted by molar-refractivity contribution is 6.30. The third-order valence-electron chi connectivity index (χ3n) is 9.59. The number of hydrogen-bond acceptors (Lipinski definition) is 6. The van der Waals surface area contributed by atoms with Gasteiger partial charge in [0, 0.05) is 101 Å². The Kier molecular flexibility index (Phi) is 10.8. The normalized spacial score (nSPS) is 13.8. The minimum atomic E-state index is -0.236. The number of hydrogen-bond donors (Lipinski definition) is 0. The fourth-order valence-corrected chi connectivity index (χ4v) is 6.82. The van der Waals surface area contributed by atoms with E-state index in [2.05, 4.69) is 80.1 Å². The number of benzene rings is 2. The Morgan fingerprint density at radius 1 is 0.577 bits per heavy atom. The van der Waals surface area contributed by atoms with Crippen LogP contribution in [-0.4, -0.2) is 62.9 Å². The highest BCUT2D eigenvalue weighted by atomic mass is 16.2. The highest BCUT2D eigenvalue weighted by Gasteiger charge is 2.48. The molecule has 10 heteroatoms. The molecule has 2 amide bonds. The average Bonchev–Trinajstić information content (AvgIpc) is 3.61. The smallest absolute Gasteiger partial charge is 0.261 e. The molecule has 2 aromatic heterocycles. The molecule has 2 aliphatic rings. The van der Waals surface area contributed by atoms with Crippen LogP contribution in [0.1, 0.15) is 47.9 Å². The third-order valence-corrected chi connectivity index (χ3v) is 9.59. The third kappa shape index (κ3) is 7.42. The molecule has 0 saturated heterocycles. The predicted molar refractivity (Wildman–Crippen MR) is 200 cm³/mol. The molecule has 0 bridgehead atoms. The van der Waals surface area contributed by atoms with Crippen LogP contribution in [0.4, 0.5) is 11.4 Å². The molecule has 6 rings (SSSR count). The number of pyridine rings is 2. The van der Waals surface area contributed by atoms with Crippen molar-refractivity contribution >= 4 is 34.6 Å². The Morgan fingerprint density at radius 2 is 0.962 bits per heavy atom. The van der Waals surface area contributed by atoms with Gasteiger partial charge in [-0.1, -0.05) is 24.3 Å². The van der Waals surface area contributed by atoms with Crippen molar-refractivity contribution in [3.8, 4) is 12.1 Å². The molecule has 0 fully saturated rings. The maximum Gasteiger partial charge on any atom is 0.261 e. The van der Waals surface area contributed by atoms with Gasteiger partial charge in [-0.15, -0.1) is 0 Å². The SMILES string of the molecule is CN(C)c1cc[n+](CCCCN2C(=O)C3=C(c4cccc(C#N)c4)N(CCCC[n+]4ccc(N(C)C)cc4)C(=O)C3=C2c2cccc(C#N)c2)cc1. The lowest BCUT2D eigenvalue weighted by Gasteiger charge is -2.25. The number of aryl methyl sites for hydroxylation is 2. The zero-order valence-electron chi connectivity index (χ0n) is 30.3. The van der Waals surface area contributed by atoms with Crippen LogP contribution in [0.15, 0.2) is 109 Å². The summed E-state index contributed by atoms with van der Waals surface area (Å²) in [4.78, 5) is 36.8. The molecule has 0 unspecified atom stereocenters. The summed E-state index contributed by atoms with van der Waals surface area (Å²) in [5.41, 5.74) is 6.27. The number of rotatable bonds is 14. The average molecular weight is 693 g/mol. The summed E-state index contributed by atoms with van der Waals surface area (Å²) < 4.78 is 4.26. The van der Waals surface area contributed by atoms with Crippen LogP contribution < -0.4 is 18.9 Å². The molecule has 0 aliphatic carbocycles. The molecular weight excluding hydrogens is 649 g/mol. The first-order valence-electron chi connectivity index (χ1n) is 17.7. The van der Waals surface area contributed by atoms with Gasteiger partial charge in [-0.2, -0.15) is 10.5 Å². The number of anilines is 2. The lowest BCUT2D eigenvalue weighted by Crippen LogP contribution is -2.34. The number of fused-ring (bicyclic) bond motifs is 1. The summed E-state index contributed by atoms with van der Waals surface area (Å²) in [6.45, 7) is 2.39. The fourth-order valence-electron chi connectivity index (χ4n) is 6.82. The molecule has 0 N–H and O–H groups in total. The van der Waals surface area contributed by atoms with Crippen molar-refractivity contribution in [3.63, 3.8) is 0 Å². The molecule has 0 atom stereocenters. The molecule has 0 spiro atoms. The van der Waals surface area contributed by atoms with Crippen molar-refractivity contribution in [2.24, 2.45) is 0 Å². The molecule has 0 radical (unpaired) electrons. The van der Waals surface area contributed by atoms with E-state index in [0.29, 0.717) is 70.7 Å². The zero-order chi connectivity index (χ0) is 36.8. The summed E-state index contributed by atoms with van der Waals surface area (Å²) >= 11 is 0. The van der Waals surface area contributed by atoms with Crippen molar-refractivity contribution in [2.45, 2.75) is 38.8 Å². The minimum absolute atomic E-state index is 0.236. The topological polar surface area (TPSA) is 102 Å². The summed E-state index contributed by atoms with van der Waals surface area (Å²) in [6.07, 6.45) is 11.3. The van der Waals surface area contributed by atoms with Crippen LogP contribution in [0.2, 0.25) is 0 Å². The van der Waals surface area contributed by atoms with Gasteiger partial charge in [0.2, 0.25) is 0 Å².